The predicted molar refractivity (Wildman–Crippen MR) is 120 cm³/mol. The number of amides is 1. The second kappa shape index (κ2) is 8.59. The van der Waals surface area contributed by atoms with Gasteiger partial charge in [0.25, 0.3) is 5.91 Å². The van der Waals surface area contributed by atoms with Crippen LogP contribution in [-0.2, 0) is 18.2 Å². The van der Waals surface area contributed by atoms with Crippen molar-refractivity contribution in [3.63, 3.8) is 0 Å². The maximum atomic E-state index is 14.8. The van der Waals surface area contributed by atoms with Crippen molar-refractivity contribution in [1.82, 2.24) is 19.5 Å². The van der Waals surface area contributed by atoms with Crippen LogP contribution in [0, 0.1) is 5.82 Å². The van der Waals surface area contributed by atoms with Crippen LogP contribution in [0.25, 0.3) is 16.6 Å². The molecule has 164 valence electrons. The highest BCUT2D eigenvalue weighted by Crippen LogP contribution is 2.25. The van der Waals surface area contributed by atoms with Crippen LogP contribution in [0.4, 0.5) is 4.39 Å². The molecule has 1 amide bonds. The van der Waals surface area contributed by atoms with E-state index in [1.807, 2.05) is 31.7 Å². The number of hydrogen-bond acceptors (Lipinski definition) is 3. The summed E-state index contributed by atoms with van der Waals surface area (Å²) in [6.45, 7) is 1.27. The van der Waals surface area contributed by atoms with Crippen molar-refractivity contribution in [3.8, 4) is 11.1 Å². The van der Waals surface area contributed by atoms with Gasteiger partial charge < -0.3 is 14.5 Å². The van der Waals surface area contributed by atoms with Crippen molar-refractivity contribution in [2.75, 3.05) is 13.2 Å². The number of benzene rings is 1. The zero-order valence-electron chi connectivity index (χ0n) is 17.9. The standard InChI is InChI=1S/C25H25FN4O2/c1-29-16-19(15-27-29)18-6-4-17(5-7-18)13-21-14-22(24-23(26)3-2-10-30(21)24)25(31)28-20-8-11-32-12-9-20/h2-7,10,14-16,20H,8-9,11-13H2,1H3,(H,28,31). The number of ether oxygens (including phenoxy) is 1. The molecule has 0 bridgehead atoms. The van der Waals surface area contributed by atoms with Gasteiger partial charge in [-0.2, -0.15) is 5.10 Å². The van der Waals surface area contributed by atoms with Gasteiger partial charge in [0.15, 0.2) is 0 Å². The average molecular weight is 432 g/mol. The molecule has 1 N–H and O–H groups in total. The molecule has 3 aromatic heterocycles. The second-order valence-electron chi connectivity index (χ2n) is 8.26. The van der Waals surface area contributed by atoms with Crippen LogP contribution in [-0.4, -0.2) is 39.3 Å². The van der Waals surface area contributed by atoms with E-state index in [9.17, 15) is 9.18 Å². The Morgan fingerprint density at radius 3 is 2.69 bits per heavy atom. The number of pyridine rings is 1. The van der Waals surface area contributed by atoms with Crippen molar-refractivity contribution in [3.05, 3.63) is 83.7 Å². The first-order valence-electron chi connectivity index (χ1n) is 10.8. The molecule has 1 saturated heterocycles. The summed E-state index contributed by atoms with van der Waals surface area (Å²) in [5, 5.41) is 7.27. The fourth-order valence-corrected chi connectivity index (χ4v) is 4.29. The lowest BCUT2D eigenvalue weighted by molar-refractivity contribution is 0.0697. The molecule has 32 heavy (non-hydrogen) atoms. The molecule has 1 aliphatic heterocycles. The Morgan fingerprint density at radius 1 is 1.19 bits per heavy atom. The predicted octanol–water partition coefficient (Wildman–Crippen LogP) is 3.98. The van der Waals surface area contributed by atoms with E-state index in [4.69, 9.17) is 4.74 Å². The minimum absolute atomic E-state index is 0.0569. The van der Waals surface area contributed by atoms with Crippen LogP contribution >= 0.6 is 0 Å². The summed E-state index contributed by atoms with van der Waals surface area (Å²) in [6.07, 6.45) is 7.75. The van der Waals surface area contributed by atoms with Crippen LogP contribution < -0.4 is 5.32 Å². The fraction of sp³-hybridized carbons (Fsp3) is 0.280. The van der Waals surface area contributed by atoms with Crippen LogP contribution in [0.3, 0.4) is 0 Å². The van der Waals surface area contributed by atoms with Gasteiger partial charge in [0, 0.05) is 56.4 Å². The minimum atomic E-state index is -0.400. The summed E-state index contributed by atoms with van der Waals surface area (Å²) in [4.78, 5) is 13.0. The SMILES string of the molecule is Cn1cc(-c2ccc(Cc3cc(C(=O)NC4CCOCC4)c4c(F)cccn34)cc2)cn1. The molecule has 0 spiro atoms. The number of hydrogen-bond donors (Lipinski definition) is 1. The van der Waals surface area contributed by atoms with Crippen molar-refractivity contribution in [2.45, 2.75) is 25.3 Å². The summed E-state index contributed by atoms with van der Waals surface area (Å²) in [7, 11) is 1.89. The Kier molecular flexibility index (Phi) is 5.49. The highest BCUT2D eigenvalue weighted by atomic mass is 19.1. The first-order valence-corrected chi connectivity index (χ1v) is 10.8. The molecule has 1 aliphatic rings. The molecule has 4 aromatic rings. The largest absolute Gasteiger partial charge is 0.381 e. The maximum absolute atomic E-state index is 14.8. The van der Waals surface area contributed by atoms with Gasteiger partial charge in [-0.1, -0.05) is 24.3 Å². The third-order valence-electron chi connectivity index (χ3n) is 6.00. The lowest BCUT2D eigenvalue weighted by atomic mass is 10.0. The van der Waals surface area contributed by atoms with Gasteiger partial charge >= 0.3 is 0 Å². The van der Waals surface area contributed by atoms with E-state index in [1.165, 1.54) is 6.07 Å². The van der Waals surface area contributed by atoms with E-state index in [2.05, 4.69) is 34.7 Å². The number of nitrogens with zero attached hydrogens (tertiary/aromatic N) is 3. The molecule has 6 nitrogen and oxygen atoms in total. The van der Waals surface area contributed by atoms with E-state index in [1.54, 1.807) is 15.1 Å². The third kappa shape index (κ3) is 4.03. The monoisotopic (exact) mass is 432 g/mol. The highest BCUT2D eigenvalue weighted by molar-refractivity contribution is 6.01. The lowest BCUT2D eigenvalue weighted by Gasteiger charge is -2.22. The van der Waals surface area contributed by atoms with Gasteiger partial charge in [-0.3, -0.25) is 9.48 Å². The smallest absolute Gasteiger partial charge is 0.253 e. The van der Waals surface area contributed by atoms with Gasteiger partial charge in [-0.15, -0.1) is 0 Å². The summed E-state index contributed by atoms with van der Waals surface area (Å²) >= 11 is 0. The molecular weight excluding hydrogens is 407 g/mol. The normalized spacial score (nSPS) is 14.7. The minimum Gasteiger partial charge on any atom is -0.381 e. The molecule has 0 atom stereocenters. The Bertz CT molecular complexity index is 1250. The van der Waals surface area contributed by atoms with Crippen LogP contribution in [0.5, 0.6) is 0 Å². The molecule has 5 rings (SSSR count). The van der Waals surface area contributed by atoms with Crippen LogP contribution in [0.15, 0.2) is 61.1 Å². The van der Waals surface area contributed by atoms with Crippen molar-refractivity contribution in [1.29, 1.82) is 0 Å². The number of carbonyl (C=O) groups excluding carboxylic acids is 1. The fourth-order valence-electron chi connectivity index (χ4n) is 4.29. The Morgan fingerprint density at radius 2 is 1.97 bits per heavy atom. The third-order valence-corrected chi connectivity index (χ3v) is 6.00. The number of fused-ring (bicyclic) bond motifs is 1. The maximum Gasteiger partial charge on any atom is 0.253 e. The molecule has 4 heterocycles. The lowest BCUT2D eigenvalue weighted by Crippen LogP contribution is -2.38. The van der Waals surface area contributed by atoms with E-state index in [-0.39, 0.29) is 11.9 Å². The van der Waals surface area contributed by atoms with Crippen LogP contribution in [0.1, 0.15) is 34.5 Å². The number of carbonyl (C=O) groups is 1. The molecule has 1 aromatic carbocycles. The van der Waals surface area contributed by atoms with Gasteiger partial charge in [0.2, 0.25) is 0 Å². The molecular formula is C25H25FN4O2. The number of halogens is 1. The summed E-state index contributed by atoms with van der Waals surface area (Å²) in [6, 6.07) is 13.2. The first kappa shape index (κ1) is 20.5. The van der Waals surface area contributed by atoms with Crippen LogP contribution in [0.2, 0.25) is 0 Å². The molecule has 0 aliphatic carbocycles. The first-order chi connectivity index (χ1) is 15.6. The second-order valence-corrected chi connectivity index (χ2v) is 8.26. The van der Waals surface area contributed by atoms with Crippen molar-refractivity contribution < 1.29 is 13.9 Å². The van der Waals surface area contributed by atoms with Crippen molar-refractivity contribution in [2.24, 2.45) is 7.05 Å². The van der Waals surface area contributed by atoms with E-state index < -0.39 is 5.82 Å². The Labute approximate surface area is 185 Å². The van der Waals surface area contributed by atoms with Gasteiger partial charge in [-0.25, -0.2) is 4.39 Å². The molecule has 7 heteroatoms. The number of rotatable bonds is 5. The summed E-state index contributed by atoms with van der Waals surface area (Å²) < 4.78 is 23.7. The topological polar surface area (TPSA) is 60.6 Å². The van der Waals surface area contributed by atoms with E-state index in [0.29, 0.717) is 30.7 Å². The van der Waals surface area contributed by atoms with E-state index >= 15 is 0 Å². The average Bonchev–Trinajstić information content (AvgIpc) is 3.40. The quantitative estimate of drug-likeness (QED) is 0.519. The Hall–Kier alpha value is -3.45. The number of aryl methyl sites for hydroxylation is 1. The summed E-state index contributed by atoms with van der Waals surface area (Å²) in [5.41, 5.74) is 4.78. The van der Waals surface area contributed by atoms with Gasteiger partial charge in [-0.05, 0) is 42.2 Å². The van der Waals surface area contributed by atoms with Crippen molar-refractivity contribution >= 4 is 11.4 Å². The molecule has 1 fully saturated rings. The molecule has 0 unspecified atom stereocenters. The van der Waals surface area contributed by atoms with Gasteiger partial charge in [0.05, 0.1) is 17.3 Å². The Balaban J connectivity index is 1.43. The number of nitrogens with one attached hydrogen (secondary N) is 1. The van der Waals surface area contributed by atoms with Gasteiger partial charge in [0.1, 0.15) is 5.82 Å². The highest BCUT2D eigenvalue weighted by Gasteiger charge is 2.22. The zero-order valence-corrected chi connectivity index (χ0v) is 17.9. The molecule has 0 radical (unpaired) electrons. The number of aromatic nitrogens is 3. The zero-order chi connectivity index (χ0) is 22.1. The molecule has 0 saturated carbocycles. The van der Waals surface area contributed by atoms with E-state index in [0.717, 1.165) is 35.2 Å². The summed E-state index contributed by atoms with van der Waals surface area (Å²) in [5.74, 6) is -0.638.